The van der Waals surface area contributed by atoms with Crippen LogP contribution < -0.4 is 16.4 Å². The van der Waals surface area contributed by atoms with Gasteiger partial charge in [-0.05, 0) is 23.8 Å². The predicted octanol–water partition coefficient (Wildman–Crippen LogP) is 2.17. The molecule has 1 aromatic carbocycles. The molecule has 5 nitrogen and oxygen atoms in total. The molecule has 0 aliphatic carbocycles. The summed E-state index contributed by atoms with van der Waals surface area (Å²) in [6.07, 6.45) is 1.19. The van der Waals surface area contributed by atoms with Crippen LogP contribution in [0.2, 0.25) is 5.02 Å². The van der Waals surface area contributed by atoms with Crippen molar-refractivity contribution in [3.05, 3.63) is 52.7 Å². The van der Waals surface area contributed by atoms with Crippen LogP contribution in [0.3, 0.4) is 0 Å². The lowest BCUT2D eigenvalue weighted by Gasteiger charge is -2.27. The third-order valence-electron chi connectivity index (χ3n) is 2.91. The minimum absolute atomic E-state index is 0.200. The second-order valence-corrected chi connectivity index (χ2v) is 4.70. The quantitative estimate of drug-likeness (QED) is 0.744. The van der Waals surface area contributed by atoms with Gasteiger partial charge in [-0.15, -0.1) is 0 Å². The number of fused-ring (bicyclic) bond motifs is 1. The van der Waals surface area contributed by atoms with E-state index in [2.05, 4.69) is 15.6 Å². The van der Waals surface area contributed by atoms with E-state index in [0.29, 0.717) is 22.1 Å². The molecule has 96 valence electrons. The number of pyridine rings is 1. The zero-order valence-electron chi connectivity index (χ0n) is 9.85. The van der Waals surface area contributed by atoms with Crippen LogP contribution in [-0.2, 0) is 0 Å². The fourth-order valence-electron chi connectivity index (χ4n) is 1.97. The highest BCUT2D eigenvalue weighted by atomic mass is 35.5. The first-order chi connectivity index (χ1) is 9.13. The standard InChI is InChI=1S/C13H11ClN4O/c14-8-3-1-7(2-4-8)11-17-12-10(13(19)18-11)5-9(15)6-16-12/h1-6,11H,15H2,(H,16,17)(H,18,19). The van der Waals surface area contributed by atoms with Crippen LogP contribution in [0.1, 0.15) is 22.1 Å². The number of hydrogen-bond acceptors (Lipinski definition) is 4. The number of amides is 1. The maximum Gasteiger partial charge on any atom is 0.256 e. The molecule has 2 aromatic rings. The lowest BCUT2D eigenvalue weighted by Crippen LogP contribution is -2.38. The van der Waals surface area contributed by atoms with Crippen molar-refractivity contribution in [1.29, 1.82) is 0 Å². The maximum absolute atomic E-state index is 12.0. The summed E-state index contributed by atoms with van der Waals surface area (Å²) in [6, 6.07) is 8.85. The van der Waals surface area contributed by atoms with Gasteiger partial charge in [0.25, 0.3) is 5.91 Å². The van der Waals surface area contributed by atoms with Crippen molar-refractivity contribution in [3.8, 4) is 0 Å². The number of carbonyl (C=O) groups is 1. The fraction of sp³-hybridized carbons (Fsp3) is 0.0769. The van der Waals surface area contributed by atoms with Crippen LogP contribution in [0.5, 0.6) is 0 Å². The molecule has 4 N–H and O–H groups in total. The normalized spacial score (nSPS) is 17.3. The number of aromatic nitrogens is 1. The number of rotatable bonds is 1. The fourth-order valence-corrected chi connectivity index (χ4v) is 2.10. The number of anilines is 2. The Labute approximate surface area is 114 Å². The summed E-state index contributed by atoms with van der Waals surface area (Å²) < 4.78 is 0. The maximum atomic E-state index is 12.0. The minimum atomic E-state index is -0.326. The third-order valence-corrected chi connectivity index (χ3v) is 3.17. The number of nitrogen functional groups attached to an aromatic ring is 1. The van der Waals surface area contributed by atoms with Gasteiger partial charge in [-0.1, -0.05) is 23.7 Å². The Morgan fingerprint density at radius 3 is 2.68 bits per heavy atom. The van der Waals surface area contributed by atoms with E-state index in [-0.39, 0.29) is 12.1 Å². The van der Waals surface area contributed by atoms with E-state index in [1.807, 2.05) is 12.1 Å². The Hall–Kier alpha value is -2.27. The molecular weight excluding hydrogens is 264 g/mol. The van der Waals surface area contributed by atoms with E-state index in [0.717, 1.165) is 5.56 Å². The van der Waals surface area contributed by atoms with Crippen molar-refractivity contribution < 1.29 is 4.79 Å². The van der Waals surface area contributed by atoms with Crippen LogP contribution in [0.4, 0.5) is 11.5 Å². The van der Waals surface area contributed by atoms with Crippen molar-refractivity contribution in [1.82, 2.24) is 10.3 Å². The van der Waals surface area contributed by atoms with Gasteiger partial charge in [0.2, 0.25) is 0 Å². The number of nitrogens with one attached hydrogen (secondary N) is 2. The Balaban J connectivity index is 1.95. The smallest absolute Gasteiger partial charge is 0.256 e. The lowest BCUT2D eigenvalue weighted by molar-refractivity contribution is 0.0935. The predicted molar refractivity (Wildman–Crippen MR) is 73.9 cm³/mol. The van der Waals surface area contributed by atoms with Gasteiger partial charge >= 0.3 is 0 Å². The molecule has 6 heteroatoms. The van der Waals surface area contributed by atoms with Gasteiger partial charge in [-0.25, -0.2) is 4.98 Å². The van der Waals surface area contributed by atoms with E-state index in [1.54, 1.807) is 18.2 Å². The third kappa shape index (κ3) is 2.20. The number of carbonyl (C=O) groups excluding carboxylic acids is 1. The van der Waals surface area contributed by atoms with E-state index in [4.69, 9.17) is 17.3 Å². The SMILES string of the molecule is Nc1cnc2c(c1)C(=O)NC(c1ccc(Cl)cc1)N2. The molecule has 1 unspecified atom stereocenters. The van der Waals surface area contributed by atoms with Crippen LogP contribution in [0.25, 0.3) is 0 Å². The monoisotopic (exact) mass is 274 g/mol. The zero-order valence-corrected chi connectivity index (χ0v) is 10.6. The first-order valence-corrected chi connectivity index (χ1v) is 6.09. The number of nitrogens with two attached hydrogens (primary N) is 1. The average Bonchev–Trinajstić information content (AvgIpc) is 2.40. The summed E-state index contributed by atoms with van der Waals surface area (Å²) in [6.45, 7) is 0. The molecule has 0 fully saturated rings. The molecule has 2 heterocycles. The van der Waals surface area contributed by atoms with E-state index in [9.17, 15) is 4.79 Å². The van der Waals surface area contributed by atoms with Gasteiger partial charge in [0.1, 0.15) is 12.0 Å². The lowest BCUT2D eigenvalue weighted by atomic mass is 10.1. The molecule has 0 radical (unpaired) electrons. The molecule has 1 aliphatic rings. The van der Waals surface area contributed by atoms with Crippen molar-refractivity contribution in [2.75, 3.05) is 11.1 Å². The van der Waals surface area contributed by atoms with Gasteiger partial charge in [-0.3, -0.25) is 4.79 Å². The second kappa shape index (κ2) is 4.44. The second-order valence-electron chi connectivity index (χ2n) is 4.27. The minimum Gasteiger partial charge on any atom is -0.397 e. The zero-order chi connectivity index (χ0) is 13.4. The van der Waals surface area contributed by atoms with E-state index in [1.165, 1.54) is 6.20 Å². The molecule has 0 saturated heterocycles. The Morgan fingerprint density at radius 1 is 1.21 bits per heavy atom. The Kier molecular flexibility index (Phi) is 2.76. The van der Waals surface area contributed by atoms with Crippen LogP contribution in [0, 0.1) is 0 Å². The van der Waals surface area contributed by atoms with Crippen LogP contribution in [-0.4, -0.2) is 10.9 Å². The van der Waals surface area contributed by atoms with Crippen molar-refractivity contribution >= 4 is 29.0 Å². The van der Waals surface area contributed by atoms with Gasteiger partial charge in [0.05, 0.1) is 17.4 Å². The summed E-state index contributed by atoms with van der Waals surface area (Å²) >= 11 is 5.84. The Morgan fingerprint density at radius 2 is 1.95 bits per heavy atom. The topological polar surface area (TPSA) is 80.0 Å². The van der Waals surface area contributed by atoms with Crippen LogP contribution >= 0.6 is 11.6 Å². The molecule has 1 atom stereocenters. The highest BCUT2D eigenvalue weighted by molar-refractivity contribution is 6.30. The number of benzene rings is 1. The summed E-state index contributed by atoms with van der Waals surface area (Å²) in [4.78, 5) is 16.2. The van der Waals surface area contributed by atoms with Crippen molar-refractivity contribution in [2.45, 2.75) is 6.17 Å². The Bertz CT molecular complexity index is 642. The highest BCUT2D eigenvalue weighted by Crippen LogP contribution is 2.26. The number of nitrogens with zero attached hydrogens (tertiary/aromatic N) is 1. The largest absolute Gasteiger partial charge is 0.397 e. The van der Waals surface area contributed by atoms with Gasteiger partial charge in [0.15, 0.2) is 0 Å². The highest BCUT2D eigenvalue weighted by Gasteiger charge is 2.25. The molecule has 0 spiro atoms. The van der Waals surface area contributed by atoms with E-state index < -0.39 is 0 Å². The molecule has 3 rings (SSSR count). The van der Waals surface area contributed by atoms with Crippen molar-refractivity contribution in [3.63, 3.8) is 0 Å². The summed E-state index contributed by atoms with van der Waals surface area (Å²) in [5, 5.41) is 6.65. The molecule has 1 aromatic heterocycles. The van der Waals surface area contributed by atoms with E-state index >= 15 is 0 Å². The van der Waals surface area contributed by atoms with Gasteiger partial charge < -0.3 is 16.4 Å². The number of halogens is 1. The molecule has 0 saturated carbocycles. The van der Waals surface area contributed by atoms with Crippen LogP contribution in [0.15, 0.2) is 36.5 Å². The molecule has 1 aliphatic heterocycles. The average molecular weight is 275 g/mol. The molecular formula is C13H11ClN4O. The number of hydrogen-bond donors (Lipinski definition) is 3. The first kappa shape index (κ1) is 11.8. The molecule has 19 heavy (non-hydrogen) atoms. The summed E-state index contributed by atoms with van der Waals surface area (Å²) in [5.74, 6) is 0.325. The molecule has 0 bridgehead atoms. The van der Waals surface area contributed by atoms with Gasteiger partial charge in [0, 0.05) is 5.02 Å². The van der Waals surface area contributed by atoms with Crippen molar-refractivity contribution in [2.24, 2.45) is 0 Å². The summed E-state index contributed by atoms with van der Waals surface area (Å²) in [7, 11) is 0. The molecule has 1 amide bonds. The summed E-state index contributed by atoms with van der Waals surface area (Å²) in [5.41, 5.74) is 7.43. The van der Waals surface area contributed by atoms with Gasteiger partial charge in [-0.2, -0.15) is 0 Å². The first-order valence-electron chi connectivity index (χ1n) is 5.72.